The highest BCUT2D eigenvalue weighted by molar-refractivity contribution is 5.92. The lowest BCUT2D eigenvalue weighted by molar-refractivity contribution is 0.0941. The highest BCUT2D eigenvalue weighted by Gasteiger charge is 2.24. The van der Waals surface area contributed by atoms with Crippen molar-refractivity contribution < 1.29 is 18.8 Å². The summed E-state index contributed by atoms with van der Waals surface area (Å²) < 4.78 is 16.3. The summed E-state index contributed by atoms with van der Waals surface area (Å²) in [5.74, 6) is 2.72. The molecular formula is C25H35N3O4. The van der Waals surface area contributed by atoms with Crippen molar-refractivity contribution in [2.45, 2.75) is 77.9 Å². The first-order valence-corrected chi connectivity index (χ1v) is 12.0. The van der Waals surface area contributed by atoms with Crippen LogP contribution in [0, 0.1) is 5.92 Å². The monoisotopic (exact) mass is 441 g/mol. The molecule has 2 aromatic rings. The molecule has 1 aliphatic carbocycles. The average Bonchev–Trinajstić information content (AvgIpc) is 3.48. The van der Waals surface area contributed by atoms with Crippen molar-refractivity contribution in [3.05, 3.63) is 41.3 Å². The van der Waals surface area contributed by atoms with Crippen LogP contribution in [0.15, 0.2) is 28.8 Å². The predicted octanol–water partition coefficient (Wildman–Crippen LogP) is 4.90. The summed E-state index contributed by atoms with van der Waals surface area (Å²) in [5, 5.41) is 6.95. The third-order valence-electron chi connectivity index (χ3n) is 6.72. The van der Waals surface area contributed by atoms with Gasteiger partial charge in [-0.15, -0.1) is 0 Å². The maximum absolute atomic E-state index is 12.6. The Hall–Kier alpha value is -2.54. The summed E-state index contributed by atoms with van der Waals surface area (Å²) >= 11 is 0. The quantitative estimate of drug-likeness (QED) is 0.565. The lowest BCUT2D eigenvalue weighted by Crippen LogP contribution is -2.38. The second kappa shape index (κ2) is 10.9. The molecule has 1 aliphatic heterocycles. The van der Waals surface area contributed by atoms with Crippen LogP contribution in [0.3, 0.4) is 0 Å². The molecule has 174 valence electrons. The van der Waals surface area contributed by atoms with Crippen LogP contribution in [0.4, 0.5) is 0 Å². The van der Waals surface area contributed by atoms with E-state index in [2.05, 4.69) is 29.2 Å². The molecule has 1 fully saturated rings. The molecule has 7 heteroatoms. The van der Waals surface area contributed by atoms with Crippen molar-refractivity contribution in [1.29, 1.82) is 0 Å². The topological polar surface area (TPSA) is 76.8 Å². The zero-order valence-corrected chi connectivity index (χ0v) is 19.3. The van der Waals surface area contributed by atoms with E-state index in [1.54, 1.807) is 6.07 Å². The van der Waals surface area contributed by atoms with E-state index in [1.807, 2.05) is 18.2 Å². The molecule has 0 bridgehead atoms. The van der Waals surface area contributed by atoms with Crippen molar-refractivity contribution in [3.8, 4) is 11.5 Å². The minimum atomic E-state index is -0.237. The second-order valence-electron chi connectivity index (χ2n) is 8.95. The number of benzene rings is 1. The maximum atomic E-state index is 12.6. The molecule has 0 spiro atoms. The SMILES string of the molecule is CCC(CC)N(Cc1cc(C(=O)NCc2ccc3c(c2)OCO3)no1)CC1CCCCC1. The lowest BCUT2D eigenvalue weighted by Gasteiger charge is -2.34. The number of amides is 1. The largest absolute Gasteiger partial charge is 0.454 e. The van der Waals surface area contributed by atoms with E-state index in [1.165, 1.54) is 32.1 Å². The van der Waals surface area contributed by atoms with Gasteiger partial charge >= 0.3 is 0 Å². The Labute approximate surface area is 190 Å². The number of aromatic nitrogens is 1. The van der Waals surface area contributed by atoms with Crippen molar-refractivity contribution in [2.75, 3.05) is 13.3 Å². The van der Waals surface area contributed by atoms with Crippen molar-refractivity contribution in [3.63, 3.8) is 0 Å². The van der Waals surface area contributed by atoms with E-state index >= 15 is 0 Å². The van der Waals surface area contributed by atoms with Gasteiger partial charge in [0.1, 0.15) is 0 Å². The van der Waals surface area contributed by atoms with Crippen molar-refractivity contribution in [2.24, 2.45) is 5.92 Å². The average molecular weight is 442 g/mol. The van der Waals surface area contributed by atoms with Gasteiger partial charge in [0.25, 0.3) is 5.91 Å². The van der Waals surface area contributed by atoms with Crippen LogP contribution in [0.2, 0.25) is 0 Å². The number of carbonyl (C=O) groups is 1. The van der Waals surface area contributed by atoms with Gasteiger partial charge in [0.2, 0.25) is 6.79 Å². The number of hydrogen-bond acceptors (Lipinski definition) is 6. The van der Waals surface area contributed by atoms with Crippen LogP contribution in [-0.2, 0) is 13.1 Å². The molecule has 7 nitrogen and oxygen atoms in total. The van der Waals surface area contributed by atoms with Gasteiger partial charge in [0.05, 0.1) is 6.54 Å². The van der Waals surface area contributed by atoms with Gasteiger partial charge in [0, 0.05) is 25.2 Å². The van der Waals surface area contributed by atoms with Crippen LogP contribution >= 0.6 is 0 Å². The standard InChI is InChI=1S/C25H35N3O4/c1-3-20(4-2)28(15-18-8-6-5-7-9-18)16-21-13-22(27-32-21)25(29)26-14-19-10-11-23-24(12-19)31-17-30-23/h10-13,18,20H,3-9,14-17H2,1-2H3,(H,26,29). The summed E-state index contributed by atoms with van der Waals surface area (Å²) in [7, 11) is 0. The van der Waals surface area contributed by atoms with Crippen LogP contribution < -0.4 is 14.8 Å². The first-order chi connectivity index (χ1) is 15.7. The Morgan fingerprint density at radius 2 is 1.91 bits per heavy atom. The number of carbonyl (C=O) groups excluding carboxylic acids is 1. The van der Waals surface area contributed by atoms with E-state index in [0.29, 0.717) is 30.6 Å². The fraction of sp³-hybridized carbons (Fsp3) is 0.600. The molecule has 1 N–H and O–H groups in total. The molecule has 2 heterocycles. The zero-order chi connectivity index (χ0) is 22.3. The van der Waals surface area contributed by atoms with Gasteiger partial charge in [-0.05, 0) is 49.3 Å². The summed E-state index contributed by atoms with van der Waals surface area (Å²) in [6.45, 7) is 6.92. The van der Waals surface area contributed by atoms with Crippen molar-refractivity contribution in [1.82, 2.24) is 15.4 Å². The minimum Gasteiger partial charge on any atom is -0.454 e. The van der Waals surface area contributed by atoms with Gasteiger partial charge in [-0.2, -0.15) is 0 Å². The Balaban J connectivity index is 1.34. The Morgan fingerprint density at radius 1 is 1.12 bits per heavy atom. The summed E-state index contributed by atoms with van der Waals surface area (Å²) in [4.78, 5) is 15.1. The Bertz CT molecular complexity index is 887. The molecule has 32 heavy (non-hydrogen) atoms. The fourth-order valence-corrected chi connectivity index (χ4v) is 4.87. The Morgan fingerprint density at radius 3 is 2.69 bits per heavy atom. The number of rotatable bonds is 10. The molecule has 4 rings (SSSR count). The molecule has 0 unspecified atom stereocenters. The normalized spacial score (nSPS) is 16.1. The number of nitrogens with zero attached hydrogens (tertiary/aromatic N) is 2. The number of ether oxygens (including phenoxy) is 2. The first-order valence-electron chi connectivity index (χ1n) is 12.0. The van der Waals surface area contributed by atoms with E-state index < -0.39 is 0 Å². The first kappa shape index (κ1) is 22.6. The van der Waals surface area contributed by atoms with E-state index in [0.717, 1.165) is 42.4 Å². The van der Waals surface area contributed by atoms with Gasteiger partial charge in [-0.25, -0.2) is 0 Å². The van der Waals surface area contributed by atoms with Crippen LogP contribution in [0.25, 0.3) is 0 Å². The lowest BCUT2D eigenvalue weighted by atomic mass is 9.88. The highest BCUT2D eigenvalue weighted by Crippen LogP contribution is 2.32. The van der Waals surface area contributed by atoms with Crippen molar-refractivity contribution >= 4 is 5.91 Å². The molecule has 1 aromatic heterocycles. The fourth-order valence-electron chi connectivity index (χ4n) is 4.87. The molecule has 1 saturated carbocycles. The molecule has 0 radical (unpaired) electrons. The predicted molar refractivity (Wildman–Crippen MR) is 122 cm³/mol. The third kappa shape index (κ3) is 5.63. The van der Waals surface area contributed by atoms with Crippen LogP contribution in [0.1, 0.15) is 80.6 Å². The van der Waals surface area contributed by atoms with Gasteiger partial charge in [-0.1, -0.05) is 44.3 Å². The molecule has 0 saturated heterocycles. The van der Waals surface area contributed by atoms with E-state index in [-0.39, 0.29) is 12.7 Å². The number of nitrogens with one attached hydrogen (secondary N) is 1. The van der Waals surface area contributed by atoms with Gasteiger partial charge in [0.15, 0.2) is 23.0 Å². The summed E-state index contributed by atoms with van der Waals surface area (Å²) in [5.41, 5.74) is 1.27. The maximum Gasteiger partial charge on any atom is 0.273 e. The van der Waals surface area contributed by atoms with Gasteiger partial charge < -0.3 is 19.3 Å². The number of hydrogen-bond donors (Lipinski definition) is 1. The summed E-state index contributed by atoms with van der Waals surface area (Å²) in [6, 6.07) is 7.96. The molecule has 0 atom stereocenters. The second-order valence-corrected chi connectivity index (χ2v) is 8.95. The zero-order valence-electron chi connectivity index (χ0n) is 19.3. The van der Waals surface area contributed by atoms with Crippen LogP contribution in [-0.4, -0.2) is 35.3 Å². The summed E-state index contributed by atoms with van der Waals surface area (Å²) in [6.07, 6.45) is 8.92. The van der Waals surface area contributed by atoms with E-state index in [4.69, 9.17) is 14.0 Å². The third-order valence-corrected chi connectivity index (χ3v) is 6.72. The molecule has 1 aromatic carbocycles. The number of fused-ring (bicyclic) bond motifs is 1. The highest BCUT2D eigenvalue weighted by atomic mass is 16.7. The molecular weight excluding hydrogens is 406 g/mol. The smallest absolute Gasteiger partial charge is 0.273 e. The van der Waals surface area contributed by atoms with Crippen LogP contribution in [0.5, 0.6) is 11.5 Å². The van der Waals surface area contributed by atoms with Gasteiger partial charge in [-0.3, -0.25) is 9.69 Å². The minimum absolute atomic E-state index is 0.237. The molecule has 1 amide bonds. The van der Waals surface area contributed by atoms with E-state index in [9.17, 15) is 4.79 Å². The molecule has 2 aliphatic rings. The Kier molecular flexibility index (Phi) is 7.68.